The molecule has 6 heteroatoms. The zero-order chi connectivity index (χ0) is 20.1. The summed E-state index contributed by atoms with van der Waals surface area (Å²) in [5, 5.41) is 5.68. The third kappa shape index (κ3) is 2.60. The van der Waals surface area contributed by atoms with Crippen LogP contribution in [0, 0.1) is 20.8 Å². The van der Waals surface area contributed by atoms with E-state index in [0.717, 1.165) is 44.9 Å². The predicted octanol–water partition coefficient (Wildman–Crippen LogP) is 4.67. The van der Waals surface area contributed by atoms with Gasteiger partial charge in [-0.2, -0.15) is 0 Å². The van der Waals surface area contributed by atoms with E-state index in [9.17, 15) is 0 Å². The molecule has 0 bridgehead atoms. The number of hydrogen-bond donors (Lipinski definition) is 0. The number of rotatable bonds is 3. The SMILES string of the molecule is COc1ccccc1-c1nc2c3c(C)c(C)n(-c4cccc(C)c4)c3ncn2n1. The van der Waals surface area contributed by atoms with Crippen LogP contribution in [0.1, 0.15) is 16.8 Å². The fraction of sp³-hybridized carbons (Fsp3) is 0.174. The van der Waals surface area contributed by atoms with Gasteiger partial charge >= 0.3 is 0 Å². The summed E-state index contributed by atoms with van der Waals surface area (Å²) in [5.41, 5.74) is 7.15. The van der Waals surface area contributed by atoms with E-state index in [1.165, 1.54) is 5.56 Å². The maximum absolute atomic E-state index is 5.49. The predicted molar refractivity (Wildman–Crippen MR) is 114 cm³/mol. The lowest BCUT2D eigenvalue weighted by Gasteiger charge is -2.08. The molecule has 0 saturated heterocycles. The molecule has 2 aromatic carbocycles. The van der Waals surface area contributed by atoms with Crippen LogP contribution >= 0.6 is 0 Å². The summed E-state index contributed by atoms with van der Waals surface area (Å²) in [6, 6.07) is 16.2. The second kappa shape index (κ2) is 6.44. The summed E-state index contributed by atoms with van der Waals surface area (Å²) in [7, 11) is 1.66. The molecule has 0 aliphatic carbocycles. The largest absolute Gasteiger partial charge is 0.496 e. The first-order valence-corrected chi connectivity index (χ1v) is 9.52. The lowest BCUT2D eigenvalue weighted by molar-refractivity contribution is 0.416. The molecule has 29 heavy (non-hydrogen) atoms. The van der Waals surface area contributed by atoms with Gasteiger partial charge in [0.1, 0.15) is 12.1 Å². The Morgan fingerprint density at radius 1 is 0.931 bits per heavy atom. The number of aromatic nitrogens is 5. The topological polar surface area (TPSA) is 57.2 Å². The Morgan fingerprint density at radius 3 is 2.55 bits per heavy atom. The molecule has 0 N–H and O–H groups in total. The molecule has 0 fully saturated rings. The summed E-state index contributed by atoms with van der Waals surface area (Å²) >= 11 is 0. The van der Waals surface area contributed by atoms with Crippen LogP contribution in [-0.2, 0) is 0 Å². The Balaban J connectivity index is 1.80. The second-order valence-electron chi connectivity index (χ2n) is 7.23. The summed E-state index contributed by atoms with van der Waals surface area (Å²) in [4.78, 5) is 9.60. The van der Waals surface area contributed by atoms with Crippen LogP contribution in [0.5, 0.6) is 5.75 Å². The molecular weight excluding hydrogens is 362 g/mol. The summed E-state index contributed by atoms with van der Waals surface area (Å²) < 4.78 is 9.43. The van der Waals surface area contributed by atoms with Crippen molar-refractivity contribution in [1.82, 2.24) is 24.1 Å². The van der Waals surface area contributed by atoms with Gasteiger partial charge in [0.25, 0.3) is 0 Å². The van der Waals surface area contributed by atoms with E-state index in [4.69, 9.17) is 14.7 Å². The van der Waals surface area contributed by atoms with Crippen LogP contribution in [0.25, 0.3) is 33.8 Å². The van der Waals surface area contributed by atoms with Crippen LogP contribution in [0.3, 0.4) is 0 Å². The number of nitrogens with zero attached hydrogens (tertiary/aromatic N) is 5. The van der Waals surface area contributed by atoms with Crippen molar-refractivity contribution in [3.63, 3.8) is 0 Å². The van der Waals surface area contributed by atoms with Crippen molar-refractivity contribution in [2.45, 2.75) is 20.8 Å². The van der Waals surface area contributed by atoms with Crippen molar-refractivity contribution in [3.05, 3.63) is 71.7 Å². The molecule has 0 aliphatic rings. The van der Waals surface area contributed by atoms with Gasteiger partial charge in [-0.3, -0.25) is 4.57 Å². The smallest absolute Gasteiger partial charge is 0.185 e. The summed E-state index contributed by atoms with van der Waals surface area (Å²) in [6.45, 7) is 6.33. The molecule has 0 unspecified atom stereocenters. The van der Waals surface area contributed by atoms with Gasteiger partial charge in [0.15, 0.2) is 17.1 Å². The molecule has 0 aliphatic heterocycles. The fourth-order valence-electron chi connectivity index (χ4n) is 3.89. The van der Waals surface area contributed by atoms with E-state index in [0.29, 0.717) is 5.82 Å². The number of methoxy groups -OCH3 is 1. The molecule has 6 nitrogen and oxygen atoms in total. The van der Waals surface area contributed by atoms with Gasteiger partial charge in [-0.1, -0.05) is 24.3 Å². The molecule has 3 heterocycles. The average molecular weight is 383 g/mol. The molecule has 0 atom stereocenters. The molecular formula is C23H21N5O. The highest BCUT2D eigenvalue weighted by Crippen LogP contribution is 2.32. The van der Waals surface area contributed by atoms with Gasteiger partial charge in [0, 0.05) is 11.4 Å². The molecule has 0 amide bonds. The number of benzene rings is 2. The molecule has 144 valence electrons. The number of ether oxygens (including phenoxy) is 1. The first-order chi connectivity index (χ1) is 14.1. The van der Waals surface area contributed by atoms with Crippen molar-refractivity contribution in [2.24, 2.45) is 0 Å². The zero-order valence-corrected chi connectivity index (χ0v) is 16.8. The van der Waals surface area contributed by atoms with Gasteiger partial charge in [-0.05, 0) is 56.2 Å². The Hall–Kier alpha value is -3.67. The lowest BCUT2D eigenvalue weighted by atomic mass is 10.2. The minimum atomic E-state index is 0.622. The fourth-order valence-corrected chi connectivity index (χ4v) is 3.89. The van der Waals surface area contributed by atoms with E-state index in [1.54, 1.807) is 18.0 Å². The molecule has 0 spiro atoms. The van der Waals surface area contributed by atoms with Crippen LogP contribution in [0.2, 0.25) is 0 Å². The Morgan fingerprint density at radius 2 is 1.76 bits per heavy atom. The van der Waals surface area contributed by atoms with Gasteiger partial charge in [0.2, 0.25) is 0 Å². The van der Waals surface area contributed by atoms with Crippen LogP contribution in [-0.4, -0.2) is 31.3 Å². The zero-order valence-electron chi connectivity index (χ0n) is 16.8. The summed E-state index contributed by atoms with van der Waals surface area (Å²) in [5.74, 6) is 1.37. The van der Waals surface area contributed by atoms with Gasteiger partial charge in [-0.25, -0.2) is 14.5 Å². The Bertz CT molecular complexity index is 1380. The quantitative estimate of drug-likeness (QED) is 0.454. The molecule has 5 rings (SSSR count). The molecule has 3 aromatic heterocycles. The highest BCUT2D eigenvalue weighted by atomic mass is 16.5. The van der Waals surface area contributed by atoms with Crippen molar-refractivity contribution in [1.29, 1.82) is 0 Å². The molecule has 5 aromatic rings. The van der Waals surface area contributed by atoms with Crippen molar-refractivity contribution in [2.75, 3.05) is 7.11 Å². The molecule has 0 radical (unpaired) electrons. The van der Waals surface area contributed by atoms with Crippen molar-refractivity contribution in [3.8, 4) is 22.8 Å². The highest BCUT2D eigenvalue weighted by molar-refractivity contribution is 5.95. The first kappa shape index (κ1) is 17.4. The van der Waals surface area contributed by atoms with E-state index >= 15 is 0 Å². The minimum absolute atomic E-state index is 0.622. The number of fused-ring (bicyclic) bond motifs is 3. The normalized spacial score (nSPS) is 11.4. The summed E-state index contributed by atoms with van der Waals surface area (Å²) in [6.07, 6.45) is 1.73. The second-order valence-corrected chi connectivity index (χ2v) is 7.23. The maximum atomic E-state index is 5.49. The van der Waals surface area contributed by atoms with Gasteiger partial charge < -0.3 is 4.74 Å². The van der Waals surface area contributed by atoms with Gasteiger partial charge in [0.05, 0.1) is 18.1 Å². The Kier molecular flexibility index (Phi) is 3.87. The monoisotopic (exact) mass is 383 g/mol. The van der Waals surface area contributed by atoms with E-state index in [1.807, 2.05) is 24.3 Å². The van der Waals surface area contributed by atoms with Crippen LogP contribution in [0.15, 0.2) is 54.9 Å². The van der Waals surface area contributed by atoms with E-state index < -0.39 is 0 Å². The standard InChI is InChI=1S/C23H21N5O/c1-14-8-7-9-17(12-14)28-16(3)15(2)20-22(28)24-13-27-23(20)25-21(26-27)18-10-5-6-11-19(18)29-4/h5-13H,1-4H3. The highest BCUT2D eigenvalue weighted by Gasteiger charge is 2.20. The van der Waals surface area contributed by atoms with Crippen molar-refractivity contribution < 1.29 is 4.74 Å². The van der Waals surface area contributed by atoms with E-state index in [2.05, 4.69) is 54.7 Å². The average Bonchev–Trinajstić information content (AvgIpc) is 3.27. The third-order valence-corrected chi connectivity index (χ3v) is 5.44. The third-order valence-electron chi connectivity index (χ3n) is 5.44. The van der Waals surface area contributed by atoms with Crippen molar-refractivity contribution >= 4 is 16.7 Å². The Labute approximate surface area is 168 Å². The minimum Gasteiger partial charge on any atom is -0.496 e. The van der Waals surface area contributed by atoms with Gasteiger partial charge in [-0.15, -0.1) is 5.10 Å². The van der Waals surface area contributed by atoms with E-state index in [-0.39, 0.29) is 0 Å². The first-order valence-electron chi connectivity index (χ1n) is 9.52. The number of hydrogen-bond acceptors (Lipinski definition) is 4. The maximum Gasteiger partial charge on any atom is 0.185 e. The van der Waals surface area contributed by atoms with Crippen LogP contribution < -0.4 is 4.74 Å². The lowest BCUT2D eigenvalue weighted by Crippen LogP contribution is -1.99. The number of para-hydroxylation sites is 1. The van der Waals surface area contributed by atoms with Crippen LogP contribution in [0.4, 0.5) is 0 Å². The number of aryl methyl sites for hydroxylation is 2. The molecule has 0 saturated carbocycles.